The summed E-state index contributed by atoms with van der Waals surface area (Å²) in [7, 11) is 1.41. The minimum absolute atomic E-state index is 0.0119. The Kier molecular flexibility index (Phi) is 7.50. The molecule has 0 saturated carbocycles. The second kappa shape index (κ2) is 11.4. The number of nitrogens with one attached hydrogen (secondary N) is 2. The lowest BCUT2D eigenvalue weighted by Crippen LogP contribution is -2.54. The molecule has 0 bridgehead atoms. The maximum Gasteiger partial charge on any atom is 0.253 e. The van der Waals surface area contributed by atoms with Crippen LogP contribution in [0.2, 0.25) is 5.02 Å². The van der Waals surface area contributed by atoms with Gasteiger partial charge in [-0.05, 0) is 42.4 Å². The molecule has 1 aliphatic carbocycles. The number of benzene rings is 3. The number of aliphatic hydroxyl groups excluding tert-OH is 1. The number of hydrogen-bond acceptors (Lipinski definition) is 6. The van der Waals surface area contributed by atoms with Crippen LogP contribution in [0.25, 0.3) is 11.1 Å². The molecule has 0 radical (unpaired) electrons. The van der Waals surface area contributed by atoms with E-state index in [1.807, 2.05) is 30.3 Å². The van der Waals surface area contributed by atoms with Gasteiger partial charge in [-0.1, -0.05) is 66.2 Å². The Morgan fingerprint density at radius 1 is 1.11 bits per heavy atom. The Morgan fingerprint density at radius 2 is 1.82 bits per heavy atom. The molecule has 1 spiro atoms. The number of carbonyl (C=O) groups is 1. The van der Waals surface area contributed by atoms with Crippen molar-refractivity contribution in [1.29, 1.82) is 0 Å². The van der Waals surface area contributed by atoms with Crippen LogP contribution in [0, 0.1) is 11.6 Å². The molecule has 10 heteroatoms. The Bertz CT molecular complexity index is 1780. The smallest absolute Gasteiger partial charge is 0.253 e. The minimum Gasteiger partial charge on any atom is -0.480 e. The number of fused-ring (bicyclic) bond motifs is 2. The quantitative estimate of drug-likeness (QED) is 0.248. The lowest BCUT2D eigenvalue weighted by atomic mass is 9.80. The number of aromatic nitrogens is 1. The number of rotatable bonds is 7. The summed E-state index contributed by atoms with van der Waals surface area (Å²) in [5, 5.41) is 15.4. The van der Waals surface area contributed by atoms with Crippen LogP contribution in [0.15, 0.2) is 66.9 Å². The van der Waals surface area contributed by atoms with E-state index in [4.69, 9.17) is 21.1 Å². The molecule has 1 aromatic heterocycles. The highest BCUT2D eigenvalue weighted by atomic mass is 35.5. The first-order valence-electron chi connectivity index (χ1n) is 15.0. The SMILES string of the molecule is CNC(=O)c1cnc(OCCO)c(F)c1-c1c(Cl)c(F)cc2c1C[C@](c1ccccc1)(C1CCC3(Cc4ccccc4C3)N1)O2. The van der Waals surface area contributed by atoms with Gasteiger partial charge in [-0.2, -0.15) is 0 Å². The maximum atomic E-state index is 16.3. The number of nitrogens with zero attached hydrogens (tertiary/aromatic N) is 1. The fraction of sp³-hybridized carbons (Fsp3) is 0.314. The monoisotopic (exact) mass is 631 g/mol. The third-order valence-electron chi connectivity index (χ3n) is 9.45. The molecule has 3 aliphatic rings. The first-order chi connectivity index (χ1) is 21.8. The number of halogens is 3. The molecule has 7 rings (SSSR count). The highest BCUT2D eigenvalue weighted by Gasteiger charge is 2.55. The normalized spacial score (nSPS) is 21.0. The lowest BCUT2D eigenvalue weighted by Gasteiger charge is -2.37. The van der Waals surface area contributed by atoms with Crippen molar-refractivity contribution in [2.45, 2.75) is 49.3 Å². The topological polar surface area (TPSA) is 92.7 Å². The summed E-state index contributed by atoms with van der Waals surface area (Å²) >= 11 is 6.66. The zero-order valence-electron chi connectivity index (χ0n) is 24.6. The van der Waals surface area contributed by atoms with Crippen molar-refractivity contribution >= 4 is 17.5 Å². The summed E-state index contributed by atoms with van der Waals surface area (Å²) in [6.45, 7) is -0.602. The van der Waals surface area contributed by atoms with Crippen LogP contribution in [0.5, 0.6) is 11.6 Å². The van der Waals surface area contributed by atoms with Gasteiger partial charge in [0.25, 0.3) is 11.8 Å². The molecular weight excluding hydrogens is 600 g/mol. The second-order valence-electron chi connectivity index (χ2n) is 12.0. The van der Waals surface area contributed by atoms with Crippen LogP contribution in [-0.2, 0) is 24.9 Å². The molecule has 7 nitrogen and oxygen atoms in total. The van der Waals surface area contributed by atoms with E-state index >= 15 is 8.78 Å². The average molecular weight is 632 g/mol. The molecule has 3 heterocycles. The van der Waals surface area contributed by atoms with Gasteiger partial charge in [0.1, 0.15) is 18.2 Å². The van der Waals surface area contributed by atoms with Gasteiger partial charge >= 0.3 is 0 Å². The van der Waals surface area contributed by atoms with E-state index in [0.29, 0.717) is 5.56 Å². The van der Waals surface area contributed by atoms with Crippen LogP contribution >= 0.6 is 11.6 Å². The first kappa shape index (κ1) is 29.6. The maximum absolute atomic E-state index is 16.3. The molecule has 3 N–H and O–H groups in total. The lowest BCUT2D eigenvalue weighted by molar-refractivity contribution is 0.0485. The molecule has 1 fully saturated rings. The number of pyridine rings is 1. The van der Waals surface area contributed by atoms with Crippen molar-refractivity contribution in [3.05, 3.63) is 111 Å². The standard InChI is InChI=1S/C35H32ClF2N3O4/c1-39-32(43)24-19-40-33(44-14-13-42)31(38)29(24)28-23-18-35(22-9-3-2-4-10-22,45-26(23)15-25(37)30(28)36)27-11-12-34(41-27)16-20-7-5-6-8-21(20)17-34/h2-10,15,19,27,41-42H,11-14,16-18H2,1H3,(H,39,43)/t27?,35-/m0/s1. The van der Waals surface area contributed by atoms with E-state index in [9.17, 15) is 9.90 Å². The van der Waals surface area contributed by atoms with Crippen molar-refractivity contribution in [2.75, 3.05) is 20.3 Å². The van der Waals surface area contributed by atoms with E-state index in [0.717, 1.165) is 37.4 Å². The predicted molar refractivity (Wildman–Crippen MR) is 166 cm³/mol. The van der Waals surface area contributed by atoms with E-state index in [2.05, 4.69) is 39.9 Å². The van der Waals surface area contributed by atoms with Crippen LogP contribution in [-0.4, -0.2) is 47.8 Å². The van der Waals surface area contributed by atoms with Gasteiger partial charge in [0.05, 0.1) is 23.2 Å². The number of amides is 1. The van der Waals surface area contributed by atoms with Crippen molar-refractivity contribution in [3.8, 4) is 22.8 Å². The highest BCUT2D eigenvalue weighted by molar-refractivity contribution is 6.34. The summed E-state index contributed by atoms with van der Waals surface area (Å²) in [4.78, 5) is 17.0. The number of ether oxygens (including phenoxy) is 2. The molecule has 2 atom stereocenters. The Hall–Kier alpha value is -4.05. The minimum atomic E-state index is -0.988. The van der Waals surface area contributed by atoms with Crippen LogP contribution < -0.4 is 20.1 Å². The van der Waals surface area contributed by atoms with Crippen LogP contribution in [0.4, 0.5) is 8.78 Å². The van der Waals surface area contributed by atoms with Gasteiger partial charge in [-0.15, -0.1) is 0 Å². The molecule has 4 aromatic rings. The summed E-state index contributed by atoms with van der Waals surface area (Å²) in [5.41, 5.74) is 2.56. The molecule has 1 saturated heterocycles. The van der Waals surface area contributed by atoms with Gasteiger partial charge < -0.3 is 25.2 Å². The van der Waals surface area contributed by atoms with Gasteiger partial charge in [0.2, 0.25) is 0 Å². The second-order valence-corrected chi connectivity index (χ2v) is 12.4. The summed E-state index contributed by atoms with van der Waals surface area (Å²) in [6.07, 6.45) is 4.93. The Morgan fingerprint density at radius 3 is 2.51 bits per heavy atom. The molecule has 2 aliphatic heterocycles. The van der Waals surface area contributed by atoms with E-state index in [1.54, 1.807) is 0 Å². The summed E-state index contributed by atoms with van der Waals surface area (Å²) in [5.74, 6) is -2.64. The predicted octanol–water partition coefficient (Wildman–Crippen LogP) is 5.53. The summed E-state index contributed by atoms with van der Waals surface area (Å²) < 4.78 is 44.1. The van der Waals surface area contributed by atoms with E-state index in [1.165, 1.54) is 24.2 Å². The fourth-order valence-corrected chi connectivity index (χ4v) is 7.72. The molecule has 232 valence electrons. The van der Waals surface area contributed by atoms with Gasteiger partial charge in [0.15, 0.2) is 11.4 Å². The van der Waals surface area contributed by atoms with Crippen molar-refractivity contribution in [2.24, 2.45) is 0 Å². The zero-order chi connectivity index (χ0) is 31.3. The van der Waals surface area contributed by atoms with Crippen molar-refractivity contribution in [1.82, 2.24) is 15.6 Å². The third-order valence-corrected chi connectivity index (χ3v) is 9.82. The van der Waals surface area contributed by atoms with Crippen LogP contribution in [0.1, 0.15) is 45.5 Å². The largest absolute Gasteiger partial charge is 0.480 e. The average Bonchev–Trinajstić information content (AvgIpc) is 3.76. The molecule has 3 aromatic carbocycles. The number of aliphatic hydroxyl groups is 1. The van der Waals surface area contributed by atoms with Gasteiger partial charge in [-0.3, -0.25) is 4.79 Å². The van der Waals surface area contributed by atoms with Crippen LogP contribution in [0.3, 0.4) is 0 Å². The molecule has 1 unspecified atom stereocenters. The highest BCUT2D eigenvalue weighted by Crippen LogP contribution is 2.54. The third kappa shape index (κ3) is 4.85. The Balaban J connectivity index is 1.37. The zero-order valence-corrected chi connectivity index (χ0v) is 25.4. The number of hydrogen-bond donors (Lipinski definition) is 3. The van der Waals surface area contributed by atoms with Gasteiger partial charge in [-0.25, -0.2) is 13.8 Å². The molecule has 45 heavy (non-hydrogen) atoms. The number of carbonyl (C=O) groups excluding carboxylic acids is 1. The molecular formula is C35H32ClF2N3O4. The van der Waals surface area contributed by atoms with E-state index < -0.39 is 29.0 Å². The van der Waals surface area contributed by atoms with Gasteiger partial charge in [0, 0.05) is 48.0 Å². The van der Waals surface area contributed by atoms with Crippen molar-refractivity contribution in [3.63, 3.8) is 0 Å². The van der Waals surface area contributed by atoms with Crippen molar-refractivity contribution < 1.29 is 28.2 Å². The fourth-order valence-electron chi connectivity index (χ4n) is 7.46. The van der Waals surface area contributed by atoms with E-state index in [-0.39, 0.29) is 58.7 Å². The molecule has 1 amide bonds. The Labute approximate surface area is 264 Å². The summed E-state index contributed by atoms with van der Waals surface area (Å²) in [6, 6.07) is 19.3. The first-order valence-corrected chi connectivity index (χ1v) is 15.4.